The largest absolute Gasteiger partial charge is 0.489 e. The maximum absolute atomic E-state index is 11.4. The third-order valence-corrected chi connectivity index (χ3v) is 3.90. The lowest BCUT2D eigenvalue weighted by molar-refractivity contribution is 0.167. The van der Waals surface area contributed by atoms with Crippen LogP contribution in [-0.2, 0) is 9.84 Å². The maximum atomic E-state index is 11.4. The van der Waals surface area contributed by atoms with Gasteiger partial charge in [0.15, 0.2) is 9.84 Å². The van der Waals surface area contributed by atoms with E-state index in [0.717, 1.165) is 25.9 Å². The van der Waals surface area contributed by atoms with Gasteiger partial charge in [0, 0.05) is 12.8 Å². The van der Waals surface area contributed by atoms with Crippen LogP contribution in [0, 0.1) is 0 Å². The minimum absolute atomic E-state index is 0.138. The molecule has 1 unspecified atom stereocenters. The van der Waals surface area contributed by atoms with Gasteiger partial charge in [0.25, 0.3) is 0 Å². The molecule has 1 saturated heterocycles. The predicted octanol–water partition coefficient (Wildman–Crippen LogP) is 1.22. The highest BCUT2D eigenvalue weighted by atomic mass is 32.2. The summed E-state index contributed by atoms with van der Waals surface area (Å²) >= 11 is 0. The Bertz CT molecular complexity index is 478. The van der Waals surface area contributed by atoms with Crippen molar-refractivity contribution in [1.82, 2.24) is 5.32 Å². The summed E-state index contributed by atoms with van der Waals surface area (Å²) in [7, 11) is -3.16. The smallest absolute Gasteiger partial charge is 0.175 e. The van der Waals surface area contributed by atoms with Crippen LogP contribution in [0.2, 0.25) is 0 Å². The normalized spacial score (nSPS) is 21.1. The van der Waals surface area contributed by atoms with Gasteiger partial charge < -0.3 is 10.1 Å². The Labute approximate surface area is 102 Å². The van der Waals surface area contributed by atoms with Gasteiger partial charge in [-0.25, -0.2) is 8.42 Å². The molecule has 1 aliphatic heterocycles. The SMILES string of the molecule is CS(=O)(=O)c1cccc(OC2CCCNC2)c1. The quantitative estimate of drug-likeness (QED) is 0.882. The molecule has 0 spiro atoms. The van der Waals surface area contributed by atoms with Gasteiger partial charge in [-0.3, -0.25) is 0 Å². The summed E-state index contributed by atoms with van der Waals surface area (Å²) in [6.45, 7) is 1.85. The van der Waals surface area contributed by atoms with E-state index in [4.69, 9.17) is 4.74 Å². The van der Waals surface area contributed by atoms with Gasteiger partial charge >= 0.3 is 0 Å². The summed E-state index contributed by atoms with van der Waals surface area (Å²) in [5.41, 5.74) is 0. The first-order chi connectivity index (χ1) is 8.05. The van der Waals surface area contributed by atoms with Gasteiger partial charge in [-0.2, -0.15) is 0 Å². The minimum atomic E-state index is -3.16. The van der Waals surface area contributed by atoms with E-state index < -0.39 is 9.84 Å². The molecule has 1 N–H and O–H groups in total. The van der Waals surface area contributed by atoms with Crippen molar-refractivity contribution in [3.63, 3.8) is 0 Å². The average Bonchev–Trinajstić information content (AvgIpc) is 2.29. The van der Waals surface area contributed by atoms with Gasteiger partial charge in [0.1, 0.15) is 11.9 Å². The lowest BCUT2D eigenvalue weighted by Crippen LogP contribution is -2.37. The van der Waals surface area contributed by atoms with Crippen LogP contribution in [0.25, 0.3) is 0 Å². The van der Waals surface area contributed by atoms with Crippen LogP contribution in [0.15, 0.2) is 29.2 Å². The van der Waals surface area contributed by atoms with Gasteiger partial charge in [0.05, 0.1) is 4.90 Å². The lowest BCUT2D eigenvalue weighted by Gasteiger charge is -2.24. The fourth-order valence-electron chi connectivity index (χ4n) is 1.89. The fraction of sp³-hybridized carbons (Fsp3) is 0.500. The van der Waals surface area contributed by atoms with E-state index in [1.807, 2.05) is 0 Å². The molecule has 0 aromatic heterocycles. The molecular weight excluding hydrogens is 238 g/mol. The second kappa shape index (κ2) is 5.06. The number of sulfone groups is 1. The molecule has 0 saturated carbocycles. The first kappa shape index (κ1) is 12.4. The molecule has 0 bridgehead atoms. The summed E-state index contributed by atoms with van der Waals surface area (Å²) < 4.78 is 28.6. The average molecular weight is 255 g/mol. The van der Waals surface area contributed by atoms with Crippen molar-refractivity contribution < 1.29 is 13.2 Å². The van der Waals surface area contributed by atoms with E-state index in [1.165, 1.54) is 6.26 Å². The molecule has 94 valence electrons. The molecule has 1 fully saturated rings. The monoisotopic (exact) mass is 255 g/mol. The van der Waals surface area contributed by atoms with Crippen molar-refractivity contribution in [2.45, 2.75) is 23.8 Å². The van der Waals surface area contributed by atoms with Gasteiger partial charge in [-0.1, -0.05) is 6.07 Å². The van der Waals surface area contributed by atoms with E-state index in [-0.39, 0.29) is 6.10 Å². The van der Waals surface area contributed by atoms with Crippen LogP contribution < -0.4 is 10.1 Å². The number of benzene rings is 1. The summed E-state index contributed by atoms with van der Waals surface area (Å²) in [4.78, 5) is 0.304. The van der Waals surface area contributed by atoms with Crippen molar-refractivity contribution in [3.05, 3.63) is 24.3 Å². The van der Waals surface area contributed by atoms with Crippen LogP contribution >= 0.6 is 0 Å². The minimum Gasteiger partial charge on any atom is -0.489 e. The first-order valence-corrected chi connectivity index (χ1v) is 7.62. The number of piperidine rings is 1. The summed E-state index contributed by atoms with van der Waals surface area (Å²) in [6.07, 6.45) is 3.44. The third kappa shape index (κ3) is 3.44. The molecule has 1 atom stereocenters. The van der Waals surface area contributed by atoms with Crippen molar-refractivity contribution in [2.24, 2.45) is 0 Å². The number of rotatable bonds is 3. The summed E-state index contributed by atoms with van der Waals surface area (Å²) in [6, 6.07) is 6.68. The molecular formula is C12H17NO3S. The van der Waals surface area contributed by atoms with Crippen LogP contribution in [0.5, 0.6) is 5.75 Å². The Balaban J connectivity index is 2.11. The summed E-state index contributed by atoms with van der Waals surface area (Å²) in [5.74, 6) is 0.627. The maximum Gasteiger partial charge on any atom is 0.175 e. The Morgan fingerprint density at radius 3 is 2.88 bits per heavy atom. The first-order valence-electron chi connectivity index (χ1n) is 5.73. The Morgan fingerprint density at radius 2 is 2.24 bits per heavy atom. The van der Waals surface area contributed by atoms with E-state index >= 15 is 0 Å². The molecule has 4 nitrogen and oxygen atoms in total. The standard InChI is InChI=1S/C12H17NO3S/c1-17(14,15)12-6-2-4-10(8-12)16-11-5-3-7-13-9-11/h2,4,6,8,11,13H,3,5,7,9H2,1H3. The topological polar surface area (TPSA) is 55.4 Å². The number of ether oxygens (including phenoxy) is 1. The van der Waals surface area contributed by atoms with E-state index in [0.29, 0.717) is 10.6 Å². The van der Waals surface area contributed by atoms with Gasteiger partial charge in [0.2, 0.25) is 0 Å². The molecule has 17 heavy (non-hydrogen) atoms. The van der Waals surface area contributed by atoms with Crippen LogP contribution in [0.1, 0.15) is 12.8 Å². The molecule has 1 aliphatic rings. The van der Waals surface area contributed by atoms with Crippen LogP contribution in [0.3, 0.4) is 0 Å². The van der Waals surface area contributed by atoms with Crippen LogP contribution in [-0.4, -0.2) is 33.9 Å². The zero-order valence-corrected chi connectivity index (χ0v) is 10.7. The van der Waals surface area contributed by atoms with E-state index in [9.17, 15) is 8.42 Å². The number of hydrogen-bond donors (Lipinski definition) is 1. The molecule has 0 aliphatic carbocycles. The molecule has 5 heteroatoms. The van der Waals surface area contributed by atoms with Crippen LogP contribution in [0.4, 0.5) is 0 Å². The highest BCUT2D eigenvalue weighted by Crippen LogP contribution is 2.20. The second-order valence-electron chi connectivity index (χ2n) is 4.33. The Hall–Kier alpha value is -1.07. The van der Waals surface area contributed by atoms with Crippen molar-refractivity contribution in [1.29, 1.82) is 0 Å². The molecule has 1 aromatic rings. The molecule has 1 heterocycles. The highest BCUT2D eigenvalue weighted by Gasteiger charge is 2.15. The zero-order chi connectivity index (χ0) is 12.3. The van der Waals surface area contributed by atoms with Gasteiger partial charge in [-0.05, 0) is 37.6 Å². The molecule has 0 amide bonds. The fourth-order valence-corrected chi connectivity index (χ4v) is 2.55. The lowest BCUT2D eigenvalue weighted by atomic mass is 10.1. The second-order valence-corrected chi connectivity index (χ2v) is 6.35. The van der Waals surface area contributed by atoms with Crippen molar-refractivity contribution in [3.8, 4) is 5.75 Å². The number of nitrogens with one attached hydrogen (secondary N) is 1. The third-order valence-electron chi connectivity index (χ3n) is 2.79. The summed E-state index contributed by atoms with van der Waals surface area (Å²) in [5, 5.41) is 3.26. The Kier molecular flexibility index (Phi) is 3.69. The van der Waals surface area contributed by atoms with E-state index in [2.05, 4.69) is 5.32 Å². The predicted molar refractivity (Wildman–Crippen MR) is 66.1 cm³/mol. The Morgan fingerprint density at radius 1 is 1.41 bits per heavy atom. The highest BCUT2D eigenvalue weighted by molar-refractivity contribution is 7.90. The van der Waals surface area contributed by atoms with Crippen molar-refractivity contribution in [2.75, 3.05) is 19.3 Å². The molecule has 0 radical (unpaired) electrons. The zero-order valence-electron chi connectivity index (χ0n) is 9.85. The molecule has 1 aromatic carbocycles. The molecule has 2 rings (SSSR count). The van der Waals surface area contributed by atoms with Crippen molar-refractivity contribution >= 4 is 9.84 Å². The van der Waals surface area contributed by atoms with Gasteiger partial charge in [-0.15, -0.1) is 0 Å². The van der Waals surface area contributed by atoms with E-state index in [1.54, 1.807) is 24.3 Å². The number of hydrogen-bond acceptors (Lipinski definition) is 4.